The van der Waals surface area contributed by atoms with Gasteiger partial charge in [-0.2, -0.15) is 4.31 Å². The number of nitrogens with zero attached hydrogens (tertiary/aromatic N) is 1. The van der Waals surface area contributed by atoms with Crippen molar-refractivity contribution >= 4 is 21.6 Å². The van der Waals surface area contributed by atoms with E-state index in [-0.39, 0.29) is 23.8 Å². The summed E-state index contributed by atoms with van der Waals surface area (Å²) in [6.45, 7) is -0.239. The van der Waals surface area contributed by atoms with Crippen LogP contribution in [-0.2, 0) is 10.0 Å². The Morgan fingerprint density at radius 2 is 2.12 bits per heavy atom. The molecule has 1 aromatic rings. The maximum absolute atomic E-state index is 12.1. The minimum Gasteiger partial charge on any atom is -0.495 e. The molecule has 0 amide bonds. The number of ether oxygens (including phenoxy) is 1. The van der Waals surface area contributed by atoms with Gasteiger partial charge in [0.25, 0.3) is 0 Å². The van der Waals surface area contributed by atoms with Crippen LogP contribution in [-0.4, -0.2) is 45.1 Å². The lowest BCUT2D eigenvalue weighted by Crippen LogP contribution is -2.29. The summed E-state index contributed by atoms with van der Waals surface area (Å²) in [6, 6.07) is 4.36. The molecular weight excluding hydrogens is 266 g/mol. The van der Waals surface area contributed by atoms with Gasteiger partial charge in [-0.1, -0.05) is 11.6 Å². The maximum atomic E-state index is 12.1. The average Bonchev–Trinajstić information content (AvgIpc) is 2.29. The van der Waals surface area contributed by atoms with E-state index in [4.69, 9.17) is 21.4 Å². The van der Waals surface area contributed by atoms with Crippen molar-refractivity contribution in [1.29, 1.82) is 0 Å². The third kappa shape index (κ3) is 3.10. The highest BCUT2D eigenvalue weighted by atomic mass is 35.5. The van der Waals surface area contributed by atoms with Crippen molar-refractivity contribution < 1.29 is 18.3 Å². The number of hydrogen-bond acceptors (Lipinski definition) is 4. The monoisotopic (exact) mass is 279 g/mol. The normalized spacial score (nSPS) is 11.8. The molecule has 0 radical (unpaired) electrons. The number of hydrogen-bond donors (Lipinski definition) is 1. The predicted octanol–water partition coefficient (Wildman–Crippen LogP) is 0.961. The van der Waals surface area contributed by atoms with Gasteiger partial charge in [0.1, 0.15) is 10.6 Å². The lowest BCUT2D eigenvalue weighted by Gasteiger charge is -2.17. The number of aliphatic hydroxyl groups is 1. The van der Waals surface area contributed by atoms with Crippen molar-refractivity contribution in [3.8, 4) is 5.75 Å². The summed E-state index contributed by atoms with van der Waals surface area (Å²) < 4.78 is 30.3. The first kappa shape index (κ1) is 14.2. The molecule has 0 saturated carbocycles. The molecule has 96 valence electrons. The fraction of sp³-hybridized carbons (Fsp3) is 0.400. The quantitative estimate of drug-likeness (QED) is 0.872. The van der Waals surface area contributed by atoms with E-state index in [2.05, 4.69) is 0 Å². The van der Waals surface area contributed by atoms with Gasteiger partial charge < -0.3 is 9.84 Å². The van der Waals surface area contributed by atoms with Crippen molar-refractivity contribution in [2.45, 2.75) is 4.90 Å². The summed E-state index contributed by atoms with van der Waals surface area (Å²) >= 11 is 5.77. The molecule has 0 aromatic heterocycles. The number of sulfonamides is 1. The summed E-state index contributed by atoms with van der Waals surface area (Å²) in [4.78, 5) is -0.0107. The van der Waals surface area contributed by atoms with Crippen LogP contribution in [0, 0.1) is 0 Å². The van der Waals surface area contributed by atoms with Gasteiger partial charge in [-0.3, -0.25) is 0 Å². The SMILES string of the molecule is COc1ccc(Cl)cc1S(=O)(=O)N(C)CCO. The molecule has 5 nitrogen and oxygen atoms in total. The number of aliphatic hydroxyl groups excluding tert-OH is 1. The smallest absolute Gasteiger partial charge is 0.246 e. The molecule has 0 saturated heterocycles. The number of rotatable bonds is 5. The van der Waals surface area contributed by atoms with Crippen molar-refractivity contribution in [3.05, 3.63) is 23.2 Å². The minimum absolute atomic E-state index is 0.0107. The lowest BCUT2D eigenvalue weighted by molar-refractivity contribution is 0.266. The molecule has 0 aliphatic carbocycles. The van der Waals surface area contributed by atoms with E-state index >= 15 is 0 Å². The first-order valence-electron chi connectivity index (χ1n) is 4.84. The van der Waals surface area contributed by atoms with Gasteiger partial charge >= 0.3 is 0 Å². The van der Waals surface area contributed by atoms with Crippen LogP contribution in [0.1, 0.15) is 0 Å². The second-order valence-electron chi connectivity index (χ2n) is 3.35. The number of benzene rings is 1. The summed E-state index contributed by atoms with van der Waals surface area (Å²) in [5.41, 5.74) is 0. The third-order valence-corrected chi connectivity index (χ3v) is 4.34. The van der Waals surface area contributed by atoms with E-state index in [1.807, 2.05) is 0 Å². The lowest BCUT2D eigenvalue weighted by atomic mass is 10.3. The Hall–Kier alpha value is -0.820. The van der Waals surface area contributed by atoms with E-state index in [9.17, 15) is 8.42 Å². The zero-order valence-electron chi connectivity index (χ0n) is 9.55. The van der Waals surface area contributed by atoms with Gasteiger partial charge in [0, 0.05) is 18.6 Å². The molecule has 0 heterocycles. The molecule has 7 heteroatoms. The summed E-state index contributed by atoms with van der Waals surface area (Å²) in [6.07, 6.45) is 0. The standard InChI is InChI=1S/C10H14ClNO4S/c1-12(5-6-13)17(14,15)10-7-8(11)3-4-9(10)16-2/h3-4,7,13H,5-6H2,1-2H3. The molecular formula is C10H14ClNO4S. The number of halogens is 1. The van der Waals surface area contributed by atoms with Gasteiger partial charge in [-0.15, -0.1) is 0 Å². The molecule has 17 heavy (non-hydrogen) atoms. The summed E-state index contributed by atoms with van der Waals surface area (Å²) in [7, 11) is -0.938. The van der Waals surface area contributed by atoms with E-state index in [1.54, 1.807) is 6.07 Å². The van der Waals surface area contributed by atoms with E-state index in [0.717, 1.165) is 4.31 Å². The Morgan fingerprint density at radius 1 is 1.47 bits per heavy atom. The fourth-order valence-corrected chi connectivity index (χ4v) is 2.86. The van der Waals surface area contributed by atoms with Crippen LogP contribution >= 0.6 is 11.6 Å². The molecule has 1 aromatic carbocycles. The predicted molar refractivity (Wildman–Crippen MR) is 64.9 cm³/mol. The largest absolute Gasteiger partial charge is 0.495 e. The molecule has 0 fully saturated rings. The van der Waals surface area contributed by atoms with Crippen LogP contribution < -0.4 is 4.74 Å². The maximum Gasteiger partial charge on any atom is 0.246 e. The highest BCUT2D eigenvalue weighted by Gasteiger charge is 2.24. The highest BCUT2D eigenvalue weighted by molar-refractivity contribution is 7.89. The Morgan fingerprint density at radius 3 is 2.65 bits per heavy atom. The number of likely N-dealkylation sites (N-methyl/N-ethyl adjacent to an activating group) is 1. The Labute approximate surface area is 106 Å². The molecule has 0 bridgehead atoms. The average molecular weight is 280 g/mol. The van der Waals surface area contributed by atoms with Crippen LogP contribution in [0.3, 0.4) is 0 Å². The summed E-state index contributed by atoms with van der Waals surface area (Å²) in [5, 5.41) is 9.07. The molecule has 0 atom stereocenters. The number of methoxy groups -OCH3 is 1. The topological polar surface area (TPSA) is 66.8 Å². The zero-order chi connectivity index (χ0) is 13.1. The highest BCUT2D eigenvalue weighted by Crippen LogP contribution is 2.28. The van der Waals surface area contributed by atoms with Gasteiger partial charge in [0.15, 0.2) is 0 Å². The molecule has 1 rings (SSSR count). The van der Waals surface area contributed by atoms with Crippen LogP contribution in [0.5, 0.6) is 5.75 Å². The Bertz CT molecular complexity index is 489. The molecule has 1 N–H and O–H groups in total. The van der Waals surface area contributed by atoms with E-state index < -0.39 is 10.0 Å². The van der Waals surface area contributed by atoms with Crippen molar-refractivity contribution in [2.75, 3.05) is 27.3 Å². The second-order valence-corrected chi connectivity index (χ2v) is 5.80. The fourth-order valence-electron chi connectivity index (χ4n) is 1.28. The van der Waals surface area contributed by atoms with Crippen LogP contribution in [0.2, 0.25) is 5.02 Å². The first-order chi connectivity index (χ1) is 7.93. The van der Waals surface area contributed by atoms with Crippen LogP contribution in [0.25, 0.3) is 0 Å². The summed E-state index contributed by atoms with van der Waals surface area (Å²) in [5.74, 6) is 0.221. The third-order valence-electron chi connectivity index (χ3n) is 2.23. The Balaban J connectivity index is 3.27. The van der Waals surface area contributed by atoms with Gasteiger partial charge in [-0.05, 0) is 18.2 Å². The van der Waals surface area contributed by atoms with Gasteiger partial charge in [-0.25, -0.2) is 8.42 Å². The van der Waals surface area contributed by atoms with Crippen LogP contribution in [0.15, 0.2) is 23.1 Å². The zero-order valence-corrected chi connectivity index (χ0v) is 11.1. The minimum atomic E-state index is -3.70. The molecule has 0 spiro atoms. The van der Waals surface area contributed by atoms with E-state index in [0.29, 0.717) is 5.02 Å². The first-order valence-corrected chi connectivity index (χ1v) is 6.66. The van der Waals surface area contributed by atoms with E-state index in [1.165, 1.54) is 26.3 Å². The molecule has 0 unspecified atom stereocenters. The van der Waals surface area contributed by atoms with Crippen molar-refractivity contribution in [3.63, 3.8) is 0 Å². The van der Waals surface area contributed by atoms with Gasteiger partial charge in [0.2, 0.25) is 10.0 Å². The van der Waals surface area contributed by atoms with Gasteiger partial charge in [0.05, 0.1) is 13.7 Å². The molecule has 0 aliphatic rings. The van der Waals surface area contributed by atoms with Crippen molar-refractivity contribution in [2.24, 2.45) is 0 Å². The van der Waals surface area contributed by atoms with Crippen LogP contribution in [0.4, 0.5) is 0 Å². The molecule has 0 aliphatic heterocycles. The van der Waals surface area contributed by atoms with Crippen molar-refractivity contribution in [1.82, 2.24) is 4.31 Å². The second kappa shape index (κ2) is 5.68. The Kier molecular flexibility index (Phi) is 4.76.